The van der Waals surface area contributed by atoms with Crippen molar-refractivity contribution >= 4 is 44.5 Å². The fourth-order valence-electron chi connectivity index (χ4n) is 2.41. The van der Waals surface area contributed by atoms with Gasteiger partial charge in [0.15, 0.2) is 0 Å². The molecule has 0 unspecified atom stereocenters. The Bertz CT molecular complexity index is 683. The van der Waals surface area contributed by atoms with Crippen LogP contribution in [0.4, 0.5) is 0 Å². The summed E-state index contributed by atoms with van der Waals surface area (Å²) >= 11 is 3.36. The first kappa shape index (κ1) is 15.9. The monoisotopic (exact) mass is 408 g/mol. The van der Waals surface area contributed by atoms with Crippen molar-refractivity contribution in [3.05, 3.63) is 69.7 Å². The molecule has 3 nitrogen and oxygen atoms in total. The number of rotatable bonds is 1. The summed E-state index contributed by atoms with van der Waals surface area (Å²) in [5, 5.41) is 8.09. The first-order chi connectivity index (χ1) is 9.65. The van der Waals surface area contributed by atoms with Gasteiger partial charge in [-0.25, -0.2) is 0 Å². The third kappa shape index (κ3) is 3.24. The van der Waals surface area contributed by atoms with Gasteiger partial charge in [0.2, 0.25) is 0 Å². The van der Waals surface area contributed by atoms with Crippen LogP contribution in [-0.4, -0.2) is 23.1 Å². The maximum Gasteiger partial charge on any atom is 0.254 e. The number of carbonyl (C=O) groups is 1. The Kier molecular flexibility index (Phi) is 4.96. The van der Waals surface area contributed by atoms with E-state index < -0.39 is 0 Å². The quantitative estimate of drug-likeness (QED) is 0.758. The summed E-state index contributed by atoms with van der Waals surface area (Å²) in [6, 6.07) is 15.1. The number of carbonyl (C=O) groups excluding carboxylic acids is 1. The van der Waals surface area contributed by atoms with Gasteiger partial charge >= 0.3 is 0 Å². The van der Waals surface area contributed by atoms with E-state index in [4.69, 9.17) is 5.41 Å². The molecule has 0 bridgehead atoms. The smallest absolute Gasteiger partial charge is 0.254 e. The fourth-order valence-corrected chi connectivity index (χ4v) is 2.67. The molecule has 0 fully saturated rings. The number of hydrogen-bond acceptors (Lipinski definition) is 2. The first-order valence-electron chi connectivity index (χ1n) is 6.35. The van der Waals surface area contributed by atoms with Crippen molar-refractivity contribution < 1.29 is 4.79 Å². The Labute approximate surface area is 142 Å². The van der Waals surface area contributed by atoms with Gasteiger partial charge in [-0.05, 0) is 29.8 Å². The van der Waals surface area contributed by atoms with Crippen LogP contribution in [0.2, 0.25) is 0 Å². The molecule has 2 aromatic rings. The van der Waals surface area contributed by atoms with Crippen LogP contribution in [0.25, 0.3) is 0 Å². The van der Waals surface area contributed by atoms with Gasteiger partial charge in [-0.3, -0.25) is 4.79 Å². The topological polar surface area (TPSA) is 44.2 Å². The van der Waals surface area contributed by atoms with Gasteiger partial charge in [0.1, 0.15) is 0 Å². The molecule has 0 aliphatic carbocycles. The lowest BCUT2D eigenvalue weighted by Gasteiger charge is -2.29. The summed E-state index contributed by atoms with van der Waals surface area (Å²) in [5.74, 6) is -0.0308. The summed E-state index contributed by atoms with van der Waals surface area (Å²) in [5.41, 5.74) is 3.14. The Morgan fingerprint density at radius 3 is 2.43 bits per heavy atom. The van der Waals surface area contributed by atoms with Crippen LogP contribution in [0.3, 0.4) is 0 Å². The predicted molar refractivity (Wildman–Crippen MR) is 92.5 cm³/mol. The van der Waals surface area contributed by atoms with Crippen molar-refractivity contribution in [3.8, 4) is 0 Å². The third-order valence-corrected chi connectivity index (χ3v) is 3.96. The van der Waals surface area contributed by atoms with E-state index in [1.54, 1.807) is 17.0 Å². The number of amides is 1. The molecule has 1 N–H and O–H groups in total. The lowest BCUT2D eigenvalue weighted by atomic mass is 9.97. The average Bonchev–Trinajstić information content (AvgIpc) is 2.47. The van der Waals surface area contributed by atoms with E-state index in [2.05, 4.69) is 15.9 Å². The zero-order valence-corrected chi connectivity index (χ0v) is 14.5. The molecule has 108 valence electrons. The van der Waals surface area contributed by atoms with Crippen molar-refractivity contribution in [2.45, 2.75) is 6.54 Å². The van der Waals surface area contributed by atoms with Crippen LogP contribution in [0.5, 0.6) is 0 Å². The zero-order chi connectivity index (χ0) is 14.1. The number of hydrogen-bond donors (Lipinski definition) is 1. The van der Waals surface area contributed by atoms with Gasteiger partial charge in [-0.1, -0.05) is 40.2 Å². The second-order valence-corrected chi connectivity index (χ2v) is 5.72. The summed E-state index contributed by atoms with van der Waals surface area (Å²) in [7, 11) is 0. The molecule has 1 aliphatic rings. The molecule has 1 aliphatic heterocycles. The highest BCUT2D eigenvalue weighted by Gasteiger charge is 2.24. The molecule has 21 heavy (non-hydrogen) atoms. The Morgan fingerprint density at radius 1 is 1.05 bits per heavy atom. The van der Waals surface area contributed by atoms with Gasteiger partial charge in [-0.2, -0.15) is 0 Å². The second-order valence-electron chi connectivity index (χ2n) is 4.80. The van der Waals surface area contributed by atoms with E-state index in [0.29, 0.717) is 24.4 Å². The summed E-state index contributed by atoms with van der Waals surface area (Å²) in [4.78, 5) is 14.2. The number of benzene rings is 2. The molecule has 1 heterocycles. The lowest BCUT2D eigenvalue weighted by molar-refractivity contribution is 0.0764. The number of fused-ring (bicyclic) bond motifs is 1. The minimum atomic E-state index is -0.0308. The average molecular weight is 410 g/mol. The molecule has 0 saturated carbocycles. The fraction of sp³-hybridized carbons (Fsp3) is 0.125. The van der Waals surface area contributed by atoms with E-state index in [1.165, 1.54) is 0 Å². The third-order valence-electron chi connectivity index (χ3n) is 3.43. The molecule has 3 rings (SSSR count). The Hall–Kier alpha value is -1.46. The molecule has 0 radical (unpaired) electrons. The summed E-state index contributed by atoms with van der Waals surface area (Å²) < 4.78 is 0.950. The van der Waals surface area contributed by atoms with E-state index in [9.17, 15) is 4.79 Å². The van der Waals surface area contributed by atoms with Crippen LogP contribution in [0, 0.1) is 5.41 Å². The molecular weight excluding hydrogens is 396 g/mol. The van der Waals surface area contributed by atoms with Crippen LogP contribution in [0.1, 0.15) is 21.5 Å². The van der Waals surface area contributed by atoms with Gasteiger partial charge in [0, 0.05) is 22.1 Å². The zero-order valence-electron chi connectivity index (χ0n) is 11.2. The largest absolute Gasteiger partial charge is 0.328 e. The normalized spacial score (nSPS) is 13.4. The van der Waals surface area contributed by atoms with Crippen LogP contribution < -0.4 is 0 Å². The molecule has 0 spiro atoms. The highest BCUT2D eigenvalue weighted by Crippen LogP contribution is 2.21. The molecule has 0 aromatic heterocycles. The second kappa shape index (κ2) is 6.54. The summed E-state index contributed by atoms with van der Waals surface area (Å²) in [6.07, 6.45) is 0. The molecular formula is C16H14Br2N2O. The van der Waals surface area contributed by atoms with Crippen LogP contribution in [-0.2, 0) is 6.54 Å². The Morgan fingerprint density at radius 2 is 1.71 bits per heavy atom. The number of nitrogens with zero attached hydrogens (tertiary/aromatic N) is 1. The maximum atomic E-state index is 12.5. The minimum absolute atomic E-state index is 0. The van der Waals surface area contributed by atoms with Crippen LogP contribution >= 0.6 is 32.9 Å². The standard InChI is InChI=1S/C16H13BrN2O.BrH/c17-13-7-5-11(6-8-13)16(20)19-9-12-3-1-2-4-14(12)15(18)10-19;/h1-8,18H,9-10H2;1H. The predicted octanol–water partition coefficient (Wildman–Crippen LogP) is 4.05. The van der Waals surface area contributed by atoms with Crippen molar-refractivity contribution in [3.63, 3.8) is 0 Å². The van der Waals surface area contributed by atoms with Crippen LogP contribution in [0.15, 0.2) is 53.0 Å². The minimum Gasteiger partial charge on any atom is -0.328 e. The SMILES string of the molecule is Br.N=C1CN(C(=O)c2ccc(Br)cc2)Cc2ccccc21. The highest BCUT2D eigenvalue weighted by molar-refractivity contribution is 9.10. The lowest BCUT2D eigenvalue weighted by Crippen LogP contribution is -2.39. The van der Waals surface area contributed by atoms with Gasteiger partial charge in [0.25, 0.3) is 5.91 Å². The van der Waals surface area contributed by atoms with E-state index >= 15 is 0 Å². The van der Waals surface area contributed by atoms with Crippen molar-refractivity contribution in [2.24, 2.45) is 0 Å². The highest BCUT2D eigenvalue weighted by atomic mass is 79.9. The Balaban J connectivity index is 0.00000161. The summed E-state index contributed by atoms with van der Waals surface area (Å²) in [6.45, 7) is 0.930. The van der Waals surface area contributed by atoms with Gasteiger partial charge in [-0.15, -0.1) is 17.0 Å². The van der Waals surface area contributed by atoms with Crippen molar-refractivity contribution in [1.29, 1.82) is 5.41 Å². The number of halogens is 2. The molecule has 0 saturated heterocycles. The maximum absolute atomic E-state index is 12.5. The van der Waals surface area contributed by atoms with Crippen molar-refractivity contribution in [1.82, 2.24) is 4.90 Å². The van der Waals surface area contributed by atoms with Crippen molar-refractivity contribution in [2.75, 3.05) is 6.54 Å². The molecule has 0 atom stereocenters. The number of nitrogens with one attached hydrogen (secondary N) is 1. The van der Waals surface area contributed by atoms with Gasteiger partial charge < -0.3 is 10.3 Å². The van der Waals surface area contributed by atoms with E-state index in [-0.39, 0.29) is 22.9 Å². The first-order valence-corrected chi connectivity index (χ1v) is 7.15. The molecule has 2 aromatic carbocycles. The van der Waals surface area contributed by atoms with Gasteiger partial charge in [0.05, 0.1) is 12.3 Å². The van der Waals surface area contributed by atoms with E-state index in [1.807, 2.05) is 36.4 Å². The van der Waals surface area contributed by atoms with E-state index in [0.717, 1.165) is 15.6 Å². The molecule has 5 heteroatoms. The molecule has 1 amide bonds.